The van der Waals surface area contributed by atoms with Crippen LogP contribution in [0.1, 0.15) is 40.2 Å². The van der Waals surface area contributed by atoms with Crippen molar-refractivity contribution in [3.05, 3.63) is 63.3 Å². The fraction of sp³-hybridized carbons (Fsp3) is 0.273. The monoisotopic (exact) mass is 430 g/mol. The van der Waals surface area contributed by atoms with Crippen LogP contribution in [-0.2, 0) is 4.74 Å². The van der Waals surface area contributed by atoms with Gasteiger partial charge < -0.3 is 15.2 Å². The van der Waals surface area contributed by atoms with E-state index >= 15 is 0 Å². The van der Waals surface area contributed by atoms with Crippen LogP contribution in [0.5, 0.6) is 0 Å². The zero-order chi connectivity index (χ0) is 20.5. The van der Waals surface area contributed by atoms with Gasteiger partial charge in [-0.15, -0.1) is 0 Å². The predicted molar refractivity (Wildman–Crippen MR) is 116 cm³/mol. The molecule has 1 fully saturated rings. The predicted octanol–water partition coefficient (Wildman–Crippen LogP) is 6.19. The minimum absolute atomic E-state index is 0.125. The van der Waals surface area contributed by atoms with E-state index in [4.69, 9.17) is 27.9 Å². The number of pyridine rings is 1. The number of aryl methyl sites for hydroxylation is 1. The lowest BCUT2D eigenvalue weighted by molar-refractivity contribution is 0.0698. The number of ether oxygens (including phenoxy) is 1. The lowest BCUT2D eigenvalue weighted by Crippen LogP contribution is -2.16. The number of aromatic nitrogens is 1. The molecule has 0 bridgehead atoms. The SMILES string of the molecule is Cc1cc(Cl)cc(C(=O)O)c1Nc1c(C2CCOCC2)cnc2ccc(Cl)cc12. The summed E-state index contributed by atoms with van der Waals surface area (Å²) >= 11 is 12.4. The molecule has 1 aliphatic heterocycles. The average molecular weight is 431 g/mol. The number of halogens is 2. The van der Waals surface area contributed by atoms with Gasteiger partial charge in [-0.2, -0.15) is 0 Å². The number of benzene rings is 2. The van der Waals surface area contributed by atoms with E-state index in [2.05, 4.69) is 10.3 Å². The Bertz CT molecular complexity index is 1100. The van der Waals surface area contributed by atoms with Crippen LogP contribution in [0.3, 0.4) is 0 Å². The van der Waals surface area contributed by atoms with Gasteiger partial charge in [-0.3, -0.25) is 4.98 Å². The van der Waals surface area contributed by atoms with Crippen molar-refractivity contribution in [3.8, 4) is 0 Å². The zero-order valence-electron chi connectivity index (χ0n) is 15.8. The first-order valence-electron chi connectivity index (χ1n) is 9.40. The van der Waals surface area contributed by atoms with Gasteiger partial charge in [0.2, 0.25) is 0 Å². The molecular formula is C22H20Cl2N2O3. The molecule has 0 atom stereocenters. The zero-order valence-corrected chi connectivity index (χ0v) is 17.3. The van der Waals surface area contributed by atoms with Crippen LogP contribution < -0.4 is 5.32 Å². The summed E-state index contributed by atoms with van der Waals surface area (Å²) < 4.78 is 5.51. The van der Waals surface area contributed by atoms with Gasteiger partial charge in [0.25, 0.3) is 0 Å². The number of nitrogens with zero attached hydrogens (tertiary/aromatic N) is 1. The molecule has 2 aromatic carbocycles. The number of aromatic carboxylic acids is 1. The van der Waals surface area contributed by atoms with E-state index in [1.807, 2.05) is 25.3 Å². The number of carboxylic acid groups (broad SMARTS) is 1. The molecule has 5 nitrogen and oxygen atoms in total. The minimum Gasteiger partial charge on any atom is -0.478 e. The van der Waals surface area contributed by atoms with Crippen molar-refractivity contribution in [2.45, 2.75) is 25.7 Å². The lowest BCUT2D eigenvalue weighted by Gasteiger charge is -2.26. The normalized spacial score (nSPS) is 14.9. The maximum absolute atomic E-state index is 11.9. The number of nitrogens with one attached hydrogen (secondary N) is 1. The third kappa shape index (κ3) is 4.04. The fourth-order valence-corrected chi connectivity index (χ4v) is 4.29. The van der Waals surface area contributed by atoms with Crippen molar-refractivity contribution >= 4 is 51.4 Å². The van der Waals surface area contributed by atoms with Crippen molar-refractivity contribution in [2.75, 3.05) is 18.5 Å². The second-order valence-electron chi connectivity index (χ2n) is 7.21. The molecule has 2 heterocycles. The Morgan fingerprint density at radius 1 is 1.14 bits per heavy atom. The molecule has 1 aliphatic rings. The van der Waals surface area contributed by atoms with Crippen molar-refractivity contribution in [2.24, 2.45) is 0 Å². The van der Waals surface area contributed by atoms with E-state index in [9.17, 15) is 9.90 Å². The summed E-state index contributed by atoms with van der Waals surface area (Å²) in [6.45, 7) is 3.22. The third-order valence-corrected chi connectivity index (χ3v) is 5.75. The van der Waals surface area contributed by atoms with Crippen molar-refractivity contribution in [1.82, 2.24) is 4.98 Å². The molecule has 0 saturated carbocycles. The molecule has 0 spiro atoms. The van der Waals surface area contributed by atoms with E-state index in [0.717, 1.165) is 40.6 Å². The van der Waals surface area contributed by atoms with Gasteiger partial charge in [0.15, 0.2) is 0 Å². The number of hydrogen-bond acceptors (Lipinski definition) is 4. The van der Waals surface area contributed by atoms with Gasteiger partial charge in [-0.1, -0.05) is 23.2 Å². The highest BCUT2D eigenvalue weighted by molar-refractivity contribution is 6.32. The highest BCUT2D eigenvalue weighted by Crippen LogP contribution is 2.40. The number of fused-ring (bicyclic) bond motifs is 1. The smallest absolute Gasteiger partial charge is 0.337 e. The lowest BCUT2D eigenvalue weighted by atomic mass is 9.90. The molecule has 0 amide bonds. The molecule has 29 heavy (non-hydrogen) atoms. The summed E-state index contributed by atoms with van der Waals surface area (Å²) in [5.74, 6) is -0.773. The second kappa shape index (κ2) is 8.19. The van der Waals surface area contributed by atoms with Crippen LogP contribution in [0.25, 0.3) is 10.9 Å². The molecular weight excluding hydrogens is 411 g/mol. The van der Waals surface area contributed by atoms with Crippen LogP contribution in [-0.4, -0.2) is 29.3 Å². The summed E-state index contributed by atoms with van der Waals surface area (Å²) in [5, 5.41) is 15.0. The molecule has 0 radical (unpaired) electrons. The Kier molecular flexibility index (Phi) is 5.63. The Morgan fingerprint density at radius 2 is 1.90 bits per heavy atom. The van der Waals surface area contributed by atoms with E-state index in [-0.39, 0.29) is 11.5 Å². The van der Waals surface area contributed by atoms with E-state index in [1.54, 1.807) is 12.1 Å². The Balaban J connectivity index is 1.92. The Morgan fingerprint density at radius 3 is 2.62 bits per heavy atom. The molecule has 3 aromatic rings. The van der Waals surface area contributed by atoms with Gasteiger partial charge in [0.05, 0.1) is 22.5 Å². The van der Waals surface area contributed by atoms with E-state index < -0.39 is 5.97 Å². The van der Waals surface area contributed by atoms with Crippen LogP contribution >= 0.6 is 23.2 Å². The van der Waals surface area contributed by atoms with Crippen LogP contribution in [0.15, 0.2) is 36.5 Å². The maximum atomic E-state index is 11.9. The summed E-state index contributed by atoms with van der Waals surface area (Å²) in [7, 11) is 0. The average Bonchev–Trinajstić information content (AvgIpc) is 2.70. The molecule has 0 aliphatic carbocycles. The first-order chi connectivity index (χ1) is 13.9. The molecule has 0 unspecified atom stereocenters. The van der Waals surface area contributed by atoms with Gasteiger partial charge in [-0.25, -0.2) is 4.79 Å². The molecule has 7 heteroatoms. The second-order valence-corrected chi connectivity index (χ2v) is 8.08. The van der Waals surface area contributed by atoms with E-state index in [1.165, 1.54) is 6.07 Å². The molecule has 1 aromatic heterocycles. The number of carboxylic acids is 1. The molecule has 2 N–H and O–H groups in total. The number of anilines is 2. The summed E-state index contributed by atoms with van der Waals surface area (Å²) in [6.07, 6.45) is 3.64. The van der Waals surface area contributed by atoms with Gasteiger partial charge in [0, 0.05) is 34.8 Å². The number of rotatable bonds is 4. The van der Waals surface area contributed by atoms with Gasteiger partial charge in [-0.05, 0) is 67.1 Å². The van der Waals surface area contributed by atoms with Crippen LogP contribution in [0.2, 0.25) is 10.0 Å². The van der Waals surface area contributed by atoms with Crippen molar-refractivity contribution in [3.63, 3.8) is 0 Å². The number of hydrogen-bond donors (Lipinski definition) is 2. The molecule has 4 rings (SSSR count). The molecule has 1 saturated heterocycles. The summed E-state index contributed by atoms with van der Waals surface area (Å²) in [5.41, 5.74) is 4.05. The van der Waals surface area contributed by atoms with Gasteiger partial charge >= 0.3 is 5.97 Å². The highest BCUT2D eigenvalue weighted by Gasteiger charge is 2.23. The standard InChI is InChI=1S/C22H20Cl2N2O3/c1-12-8-15(24)10-17(22(27)28)20(12)26-21-16-9-14(23)2-3-19(16)25-11-18(21)13-4-6-29-7-5-13/h2-3,8-11,13H,4-7H2,1H3,(H,25,26)(H,27,28). The number of carbonyl (C=O) groups is 1. The molecule has 150 valence electrons. The third-order valence-electron chi connectivity index (χ3n) is 5.30. The first-order valence-corrected chi connectivity index (χ1v) is 10.2. The maximum Gasteiger partial charge on any atom is 0.337 e. The topological polar surface area (TPSA) is 71.5 Å². The summed E-state index contributed by atoms with van der Waals surface area (Å²) in [4.78, 5) is 16.5. The largest absolute Gasteiger partial charge is 0.478 e. The van der Waals surface area contributed by atoms with Crippen LogP contribution in [0.4, 0.5) is 11.4 Å². The Hall–Kier alpha value is -2.34. The van der Waals surface area contributed by atoms with Crippen molar-refractivity contribution < 1.29 is 14.6 Å². The Labute approximate surface area is 178 Å². The van der Waals surface area contributed by atoms with Gasteiger partial charge in [0.1, 0.15) is 0 Å². The van der Waals surface area contributed by atoms with Crippen LogP contribution in [0, 0.1) is 6.92 Å². The van der Waals surface area contributed by atoms with Crippen molar-refractivity contribution in [1.29, 1.82) is 0 Å². The summed E-state index contributed by atoms with van der Waals surface area (Å²) in [6, 6.07) is 8.74. The fourth-order valence-electron chi connectivity index (χ4n) is 3.84. The first kappa shape index (κ1) is 20.0. The van der Waals surface area contributed by atoms with E-state index in [0.29, 0.717) is 28.9 Å². The highest BCUT2D eigenvalue weighted by atomic mass is 35.5. The minimum atomic E-state index is -1.04. The quantitative estimate of drug-likeness (QED) is 0.516.